The molecule has 0 saturated carbocycles. The Bertz CT molecular complexity index is 1600. The van der Waals surface area contributed by atoms with Gasteiger partial charge in [0, 0.05) is 33.6 Å². The van der Waals surface area contributed by atoms with Crippen molar-refractivity contribution in [2.75, 3.05) is 21.5 Å². The molecule has 2 N–H and O–H groups in total. The molecular weight excluding hydrogens is 486 g/mol. The van der Waals surface area contributed by atoms with Crippen LogP contribution in [0.25, 0.3) is 10.8 Å². The summed E-state index contributed by atoms with van der Waals surface area (Å²) in [5, 5.41) is 4.82. The Kier molecular flexibility index (Phi) is 5.70. The van der Waals surface area contributed by atoms with Crippen LogP contribution in [0, 0.1) is 0 Å². The van der Waals surface area contributed by atoms with Gasteiger partial charge in [0.1, 0.15) is 0 Å². The van der Waals surface area contributed by atoms with Gasteiger partial charge >= 0.3 is 0 Å². The first kappa shape index (κ1) is 22.9. The maximum atomic E-state index is 13.3. The second kappa shape index (κ2) is 8.72. The molecule has 1 aliphatic heterocycles. The van der Waals surface area contributed by atoms with Gasteiger partial charge in [-0.3, -0.25) is 14.3 Å². The van der Waals surface area contributed by atoms with E-state index in [1.165, 1.54) is 36.4 Å². The van der Waals surface area contributed by atoms with Crippen molar-refractivity contribution in [2.24, 2.45) is 0 Å². The van der Waals surface area contributed by atoms with Crippen LogP contribution in [0.4, 0.5) is 17.1 Å². The topological polar surface area (TPSA) is 95.6 Å². The van der Waals surface area contributed by atoms with Crippen LogP contribution in [0.5, 0.6) is 0 Å². The number of halogens is 1. The smallest absolute Gasteiger partial charge is 0.261 e. The van der Waals surface area contributed by atoms with Crippen LogP contribution in [0.3, 0.4) is 0 Å². The lowest BCUT2D eigenvalue weighted by atomic mass is 10.0. The summed E-state index contributed by atoms with van der Waals surface area (Å²) in [4.78, 5) is 27.7. The number of anilines is 3. The van der Waals surface area contributed by atoms with Gasteiger partial charge < -0.3 is 10.2 Å². The molecule has 0 atom stereocenters. The number of para-hydroxylation sites is 1. The summed E-state index contributed by atoms with van der Waals surface area (Å²) in [5.74, 6) is -0.560. The molecule has 0 saturated heterocycles. The van der Waals surface area contributed by atoms with Gasteiger partial charge in [-0.1, -0.05) is 35.9 Å². The molecule has 5 rings (SSSR count). The van der Waals surface area contributed by atoms with E-state index in [9.17, 15) is 18.0 Å². The zero-order valence-electron chi connectivity index (χ0n) is 18.6. The van der Waals surface area contributed by atoms with Crippen molar-refractivity contribution >= 4 is 61.3 Å². The molecule has 0 spiro atoms. The molecular formula is C26H20ClN3O4S. The number of hydrogen-bond donors (Lipinski definition) is 2. The normalized spacial score (nSPS) is 12.7. The third-order valence-corrected chi connectivity index (χ3v) is 7.52. The minimum absolute atomic E-state index is 0.0229. The molecule has 0 aliphatic carbocycles. The van der Waals surface area contributed by atoms with Crippen LogP contribution < -0.4 is 14.9 Å². The first-order valence-electron chi connectivity index (χ1n) is 10.9. The van der Waals surface area contributed by atoms with E-state index in [1.54, 1.807) is 35.2 Å². The third-order valence-electron chi connectivity index (χ3n) is 5.89. The van der Waals surface area contributed by atoms with E-state index in [-0.39, 0.29) is 22.1 Å². The zero-order chi connectivity index (χ0) is 24.7. The summed E-state index contributed by atoms with van der Waals surface area (Å²) < 4.78 is 28.2. The van der Waals surface area contributed by atoms with Crippen LogP contribution in [-0.4, -0.2) is 26.8 Å². The molecule has 7 nitrogen and oxygen atoms in total. The van der Waals surface area contributed by atoms with Gasteiger partial charge in [-0.05, 0) is 61.5 Å². The molecule has 1 heterocycles. The van der Waals surface area contributed by atoms with E-state index in [4.69, 9.17) is 11.6 Å². The summed E-state index contributed by atoms with van der Waals surface area (Å²) in [6.07, 6.45) is 0. The quantitative estimate of drug-likeness (QED) is 0.360. The second-order valence-corrected chi connectivity index (χ2v) is 10.1. The van der Waals surface area contributed by atoms with Crippen LogP contribution in [0.2, 0.25) is 5.02 Å². The second-order valence-electron chi connectivity index (χ2n) is 7.97. The lowest BCUT2D eigenvalue weighted by Gasteiger charge is -2.16. The van der Waals surface area contributed by atoms with Crippen LogP contribution in [0.15, 0.2) is 83.8 Å². The van der Waals surface area contributed by atoms with Gasteiger partial charge in [0.2, 0.25) is 0 Å². The number of carbonyl (C=O) groups is 2. The minimum Gasteiger partial charge on any atom is -0.321 e. The Hall–Kier alpha value is -3.88. The van der Waals surface area contributed by atoms with E-state index in [0.717, 1.165) is 16.5 Å². The van der Waals surface area contributed by atoms with Crippen LogP contribution in [-0.2, 0) is 10.0 Å². The molecule has 0 aromatic heterocycles. The average Bonchev–Trinajstić information content (AvgIpc) is 3.13. The van der Waals surface area contributed by atoms with Gasteiger partial charge in [0.05, 0.1) is 21.8 Å². The van der Waals surface area contributed by atoms with E-state index in [2.05, 4.69) is 10.0 Å². The summed E-state index contributed by atoms with van der Waals surface area (Å²) >= 11 is 5.87. The molecule has 35 heavy (non-hydrogen) atoms. The molecule has 2 amide bonds. The van der Waals surface area contributed by atoms with Crippen molar-refractivity contribution in [3.63, 3.8) is 0 Å². The van der Waals surface area contributed by atoms with Crippen molar-refractivity contribution < 1.29 is 18.0 Å². The summed E-state index contributed by atoms with van der Waals surface area (Å²) in [5.41, 5.74) is 2.21. The number of rotatable bonds is 6. The average molecular weight is 506 g/mol. The standard InChI is InChI=1S/C26H20ClN3O4S/c1-2-30-23-15-14-21(18-7-5-8-20(24(18)23)26(30)32)28-25(31)19-6-3-4-9-22(19)29-35(33,34)17-12-10-16(27)11-13-17/h3-15,29H,2H2,1H3,(H,28,31). The molecule has 4 aromatic rings. The third kappa shape index (κ3) is 4.00. The molecule has 0 unspecified atom stereocenters. The lowest BCUT2D eigenvalue weighted by molar-refractivity contribution is 0.0992. The van der Waals surface area contributed by atoms with Gasteiger partial charge in [-0.2, -0.15) is 0 Å². The van der Waals surface area contributed by atoms with E-state index >= 15 is 0 Å². The lowest BCUT2D eigenvalue weighted by Crippen LogP contribution is -2.25. The fourth-order valence-corrected chi connectivity index (χ4v) is 5.45. The number of hydrogen-bond acceptors (Lipinski definition) is 4. The fourth-order valence-electron chi connectivity index (χ4n) is 4.25. The monoisotopic (exact) mass is 505 g/mol. The molecule has 0 fully saturated rings. The highest BCUT2D eigenvalue weighted by Gasteiger charge is 2.29. The molecule has 0 bridgehead atoms. The van der Waals surface area contributed by atoms with Crippen molar-refractivity contribution in [1.82, 2.24) is 0 Å². The molecule has 0 radical (unpaired) electrons. The molecule has 1 aliphatic rings. The highest BCUT2D eigenvalue weighted by Crippen LogP contribution is 2.40. The molecule has 9 heteroatoms. The van der Waals surface area contributed by atoms with Gasteiger partial charge in [0.25, 0.3) is 21.8 Å². The first-order valence-corrected chi connectivity index (χ1v) is 12.7. The number of carbonyl (C=O) groups excluding carboxylic acids is 2. The summed E-state index contributed by atoms with van der Waals surface area (Å²) in [7, 11) is -3.94. The van der Waals surface area contributed by atoms with Crippen LogP contribution >= 0.6 is 11.6 Å². The van der Waals surface area contributed by atoms with Crippen molar-refractivity contribution in [2.45, 2.75) is 11.8 Å². The van der Waals surface area contributed by atoms with Gasteiger partial charge in [0.15, 0.2) is 0 Å². The van der Waals surface area contributed by atoms with Crippen molar-refractivity contribution in [1.29, 1.82) is 0 Å². The van der Waals surface area contributed by atoms with Gasteiger partial charge in [-0.25, -0.2) is 8.42 Å². The molecule has 176 valence electrons. The number of nitrogens with zero attached hydrogens (tertiary/aromatic N) is 1. The maximum absolute atomic E-state index is 13.3. The highest BCUT2D eigenvalue weighted by atomic mass is 35.5. The van der Waals surface area contributed by atoms with E-state index in [0.29, 0.717) is 22.8 Å². The minimum atomic E-state index is -3.94. The Morgan fingerprint density at radius 1 is 0.914 bits per heavy atom. The van der Waals surface area contributed by atoms with Crippen molar-refractivity contribution in [3.05, 3.63) is 95.0 Å². The van der Waals surface area contributed by atoms with Crippen LogP contribution in [0.1, 0.15) is 27.6 Å². The van der Waals surface area contributed by atoms with E-state index < -0.39 is 15.9 Å². The Morgan fingerprint density at radius 2 is 1.66 bits per heavy atom. The highest BCUT2D eigenvalue weighted by molar-refractivity contribution is 7.92. The Balaban J connectivity index is 1.48. The van der Waals surface area contributed by atoms with Crippen molar-refractivity contribution in [3.8, 4) is 0 Å². The number of nitrogens with one attached hydrogen (secondary N) is 2. The predicted molar refractivity (Wildman–Crippen MR) is 138 cm³/mol. The zero-order valence-corrected chi connectivity index (χ0v) is 20.2. The number of benzene rings is 4. The number of sulfonamides is 1. The predicted octanol–water partition coefficient (Wildman–Crippen LogP) is 5.53. The molecule has 4 aromatic carbocycles. The van der Waals surface area contributed by atoms with E-state index in [1.807, 2.05) is 19.1 Å². The van der Waals surface area contributed by atoms with Gasteiger partial charge in [-0.15, -0.1) is 0 Å². The SMILES string of the molecule is CCN1C(=O)c2cccc3c(NC(=O)c4ccccc4NS(=O)(=O)c4ccc(Cl)cc4)ccc1c23. The Morgan fingerprint density at radius 3 is 2.40 bits per heavy atom. The fraction of sp³-hybridized carbons (Fsp3) is 0.0769. The first-order chi connectivity index (χ1) is 16.8. The largest absolute Gasteiger partial charge is 0.321 e. The summed E-state index contributed by atoms with van der Waals surface area (Å²) in [6.45, 7) is 2.45. The summed E-state index contributed by atoms with van der Waals surface area (Å²) in [6, 6.07) is 21.1. The number of amides is 2. The maximum Gasteiger partial charge on any atom is 0.261 e. The Labute approximate surface area is 207 Å².